The van der Waals surface area contributed by atoms with E-state index in [1.165, 1.54) is 17.1 Å². The van der Waals surface area contributed by atoms with E-state index in [1.54, 1.807) is 0 Å². The predicted octanol–water partition coefficient (Wildman–Crippen LogP) is -2.39. The summed E-state index contributed by atoms with van der Waals surface area (Å²) in [7, 11) is -4.66. The number of nitrogens with zero attached hydrogens (tertiary/aromatic N) is 1. The number of aromatic nitrogens is 2. The number of imidazole rings is 1. The first-order valence-electron chi connectivity index (χ1n) is 5.34. The molecule has 10 nitrogen and oxygen atoms in total. The highest BCUT2D eigenvalue weighted by atomic mass is 31.2. The van der Waals surface area contributed by atoms with Gasteiger partial charge in [0.25, 0.3) is 5.82 Å². The number of rotatable bonds is 4. The molecule has 0 unspecified atom stereocenters. The molecule has 0 saturated carbocycles. The van der Waals surface area contributed by atoms with Crippen LogP contribution in [0, 0.1) is 0 Å². The van der Waals surface area contributed by atoms with E-state index >= 15 is 0 Å². The van der Waals surface area contributed by atoms with Crippen LogP contribution in [0.4, 0.5) is 5.82 Å². The van der Waals surface area contributed by atoms with Gasteiger partial charge in [0.05, 0.1) is 6.61 Å². The molecule has 1 aliphatic heterocycles. The summed E-state index contributed by atoms with van der Waals surface area (Å²) in [5, 5.41) is 19.6. The van der Waals surface area contributed by atoms with Crippen LogP contribution in [0.5, 0.6) is 0 Å². The molecular formula is C8H15N3O7P+. The van der Waals surface area contributed by atoms with Gasteiger partial charge in [-0.25, -0.2) is 9.13 Å². The van der Waals surface area contributed by atoms with E-state index in [0.29, 0.717) is 0 Å². The van der Waals surface area contributed by atoms with E-state index in [-0.39, 0.29) is 5.82 Å². The zero-order chi connectivity index (χ0) is 14.2. The molecular weight excluding hydrogens is 281 g/mol. The highest BCUT2D eigenvalue weighted by Crippen LogP contribution is 2.37. The molecule has 19 heavy (non-hydrogen) atoms. The number of hydrogen-bond acceptors (Lipinski definition) is 6. The smallest absolute Gasteiger partial charge is 0.387 e. The fraction of sp³-hybridized carbons (Fsp3) is 0.625. The molecule has 0 spiro atoms. The van der Waals surface area contributed by atoms with Gasteiger partial charge in [0.1, 0.15) is 24.5 Å². The molecule has 1 aliphatic rings. The Balaban J connectivity index is 2.07. The summed E-state index contributed by atoms with van der Waals surface area (Å²) in [5.74, 6) is 0.271. The van der Waals surface area contributed by atoms with E-state index in [0.717, 1.165) is 0 Å². The Morgan fingerprint density at radius 2 is 2.16 bits per heavy atom. The Bertz CT molecular complexity index is 488. The Labute approximate surface area is 107 Å². The number of phosphoric ester groups is 1. The highest BCUT2D eigenvalue weighted by Gasteiger charge is 2.46. The number of phosphoric acid groups is 1. The lowest BCUT2D eigenvalue weighted by molar-refractivity contribution is -0.752. The summed E-state index contributed by atoms with van der Waals surface area (Å²) in [6, 6.07) is 0. The van der Waals surface area contributed by atoms with Crippen LogP contribution in [0.3, 0.4) is 0 Å². The molecule has 108 valence electrons. The van der Waals surface area contributed by atoms with Gasteiger partial charge in [-0.2, -0.15) is 0 Å². The van der Waals surface area contributed by atoms with Crippen molar-refractivity contribution in [2.24, 2.45) is 0 Å². The quantitative estimate of drug-likeness (QED) is 0.265. The molecule has 4 atom stereocenters. The lowest BCUT2D eigenvalue weighted by Gasteiger charge is -2.14. The van der Waals surface area contributed by atoms with E-state index in [4.69, 9.17) is 20.3 Å². The van der Waals surface area contributed by atoms with Crippen LogP contribution in [-0.4, -0.2) is 49.9 Å². The number of aromatic amines is 1. The summed E-state index contributed by atoms with van der Waals surface area (Å²) >= 11 is 0. The van der Waals surface area contributed by atoms with Crippen LogP contribution in [0.2, 0.25) is 0 Å². The molecule has 0 amide bonds. The summed E-state index contributed by atoms with van der Waals surface area (Å²) in [4.78, 5) is 19.9. The fourth-order valence-corrected chi connectivity index (χ4v) is 2.18. The van der Waals surface area contributed by atoms with Crippen LogP contribution in [0.1, 0.15) is 6.23 Å². The lowest BCUT2D eigenvalue weighted by atomic mass is 10.1. The van der Waals surface area contributed by atoms with E-state index in [2.05, 4.69) is 9.51 Å². The third kappa shape index (κ3) is 3.12. The van der Waals surface area contributed by atoms with Crippen molar-refractivity contribution in [2.75, 3.05) is 12.3 Å². The Morgan fingerprint density at radius 1 is 1.47 bits per heavy atom. The zero-order valence-electron chi connectivity index (χ0n) is 9.66. The van der Waals surface area contributed by atoms with Crippen LogP contribution in [0.25, 0.3) is 0 Å². The van der Waals surface area contributed by atoms with Gasteiger partial charge >= 0.3 is 7.82 Å². The van der Waals surface area contributed by atoms with Crippen molar-refractivity contribution in [1.82, 2.24) is 4.98 Å². The monoisotopic (exact) mass is 296 g/mol. The van der Waals surface area contributed by atoms with Crippen LogP contribution >= 0.6 is 7.82 Å². The van der Waals surface area contributed by atoms with Gasteiger partial charge in [-0.15, -0.1) is 0 Å². The molecule has 1 saturated heterocycles. The molecule has 1 fully saturated rings. The summed E-state index contributed by atoms with van der Waals surface area (Å²) in [6.07, 6.45) is -1.79. The van der Waals surface area contributed by atoms with Gasteiger partial charge in [0, 0.05) is 0 Å². The first-order valence-corrected chi connectivity index (χ1v) is 6.87. The standard InChI is InChI=1S/C8H14N3O7P/c9-5-1-10-3-11(5)8-7(13)6(12)4(18-8)2-17-19(14,15)16/h1,3-4,6-8,12-13H,2,9H2,(H2,14,15,16)/p+1/t4-,6-,7-,8-/m1/s1. The summed E-state index contributed by atoms with van der Waals surface area (Å²) < 4.78 is 21.5. The third-order valence-corrected chi connectivity index (χ3v) is 3.25. The summed E-state index contributed by atoms with van der Waals surface area (Å²) in [6.45, 7) is -0.552. The Hall–Kier alpha value is -1.00. The number of ether oxygens (including phenoxy) is 1. The van der Waals surface area contributed by atoms with Gasteiger partial charge in [-0.3, -0.25) is 9.51 Å². The van der Waals surface area contributed by atoms with E-state index in [1.807, 2.05) is 0 Å². The van der Waals surface area contributed by atoms with E-state index in [9.17, 15) is 14.8 Å². The van der Waals surface area contributed by atoms with Crippen LogP contribution in [-0.2, 0) is 13.8 Å². The highest BCUT2D eigenvalue weighted by molar-refractivity contribution is 7.46. The van der Waals surface area contributed by atoms with Crippen LogP contribution < -0.4 is 10.3 Å². The van der Waals surface area contributed by atoms with Gasteiger partial charge < -0.3 is 30.5 Å². The SMILES string of the molecule is Nc1c[nH]c[n+]1[C@@H]1O[C@H](COP(=O)(O)O)[C@@H](O)[C@H]1O. The number of H-pyrrole nitrogens is 1. The first-order chi connectivity index (χ1) is 8.79. The predicted molar refractivity (Wildman–Crippen MR) is 59.3 cm³/mol. The molecule has 2 rings (SSSR count). The number of hydrogen-bond donors (Lipinski definition) is 6. The summed E-state index contributed by atoms with van der Waals surface area (Å²) in [5.41, 5.74) is 5.62. The first kappa shape index (κ1) is 14.4. The molecule has 7 N–H and O–H groups in total. The minimum absolute atomic E-state index is 0.271. The second-order valence-electron chi connectivity index (χ2n) is 4.10. The van der Waals surface area contributed by atoms with Crippen molar-refractivity contribution in [3.63, 3.8) is 0 Å². The lowest BCUT2D eigenvalue weighted by Crippen LogP contribution is -2.46. The molecule has 11 heteroatoms. The van der Waals surface area contributed by atoms with Gasteiger partial charge in [-0.05, 0) is 0 Å². The van der Waals surface area contributed by atoms with Crippen molar-refractivity contribution in [1.29, 1.82) is 0 Å². The van der Waals surface area contributed by atoms with Crippen molar-refractivity contribution < 1.29 is 38.4 Å². The molecule has 0 aliphatic carbocycles. The second kappa shape index (κ2) is 5.17. The Kier molecular flexibility index (Phi) is 3.92. The Morgan fingerprint density at radius 3 is 2.68 bits per heavy atom. The molecule has 0 aromatic carbocycles. The number of aliphatic hydroxyl groups excluding tert-OH is 2. The molecule has 1 aromatic rings. The fourth-order valence-electron chi connectivity index (χ4n) is 1.84. The minimum Gasteiger partial charge on any atom is -0.387 e. The van der Waals surface area contributed by atoms with Gasteiger partial charge in [0.2, 0.25) is 6.23 Å². The largest absolute Gasteiger partial charge is 0.469 e. The maximum Gasteiger partial charge on any atom is 0.469 e. The van der Waals surface area contributed by atoms with Crippen molar-refractivity contribution in [2.45, 2.75) is 24.5 Å². The number of nitrogen functional groups attached to an aromatic ring is 1. The maximum atomic E-state index is 10.6. The number of aliphatic hydroxyl groups is 2. The molecule has 2 heterocycles. The average molecular weight is 296 g/mol. The number of nitrogens with one attached hydrogen (secondary N) is 1. The van der Waals surface area contributed by atoms with Crippen molar-refractivity contribution in [3.8, 4) is 0 Å². The maximum absolute atomic E-state index is 10.6. The number of anilines is 1. The molecule has 1 aromatic heterocycles. The molecule has 0 bridgehead atoms. The average Bonchev–Trinajstić information content (AvgIpc) is 2.83. The number of nitrogens with two attached hydrogens (primary N) is 1. The minimum atomic E-state index is -4.66. The van der Waals surface area contributed by atoms with Gasteiger partial charge in [0.15, 0.2) is 6.33 Å². The van der Waals surface area contributed by atoms with Crippen molar-refractivity contribution in [3.05, 3.63) is 12.5 Å². The van der Waals surface area contributed by atoms with Crippen LogP contribution in [0.15, 0.2) is 12.5 Å². The second-order valence-corrected chi connectivity index (χ2v) is 5.34. The normalized spacial score (nSPS) is 31.8. The van der Waals surface area contributed by atoms with Gasteiger partial charge in [-0.1, -0.05) is 0 Å². The van der Waals surface area contributed by atoms with Crippen molar-refractivity contribution >= 4 is 13.6 Å². The third-order valence-electron chi connectivity index (χ3n) is 2.76. The topological polar surface area (TPSA) is 162 Å². The van der Waals surface area contributed by atoms with E-state index < -0.39 is 39.0 Å². The molecule has 0 radical (unpaired) electrons. The zero-order valence-corrected chi connectivity index (χ0v) is 10.6.